The van der Waals surface area contributed by atoms with E-state index in [1.54, 1.807) is 6.92 Å². The van der Waals surface area contributed by atoms with Crippen molar-refractivity contribution in [2.45, 2.75) is 6.92 Å². The van der Waals surface area contributed by atoms with E-state index in [2.05, 4.69) is 26.1 Å². The smallest absolute Gasteiger partial charge is 0.308 e. The Hall–Kier alpha value is -1.23. The monoisotopic (exact) mass is 298 g/mol. The van der Waals surface area contributed by atoms with E-state index in [1.807, 2.05) is 18.2 Å². The first-order valence-corrected chi connectivity index (χ1v) is 6.38. The van der Waals surface area contributed by atoms with Gasteiger partial charge in [-0.15, -0.1) is 0 Å². The maximum atomic E-state index is 10.9. The number of aliphatic carboxylic acids is 1. The predicted octanol–water partition coefficient (Wildman–Crippen LogP) is 2.40. The number of fused-ring (bicyclic) bond motifs is 1. The van der Waals surface area contributed by atoms with Crippen molar-refractivity contribution in [3.05, 3.63) is 22.7 Å². The van der Waals surface area contributed by atoms with Gasteiger partial charge in [0.1, 0.15) is 0 Å². The second-order valence-corrected chi connectivity index (χ2v) is 5.19. The van der Waals surface area contributed by atoms with E-state index < -0.39 is 5.97 Å². The van der Waals surface area contributed by atoms with Crippen LogP contribution in [0.5, 0.6) is 0 Å². The largest absolute Gasteiger partial charge is 0.481 e. The van der Waals surface area contributed by atoms with Crippen molar-refractivity contribution in [1.82, 2.24) is 0 Å². The number of carboxylic acids is 1. The van der Waals surface area contributed by atoms with Crippen LogP contribution in [0, 0.1) is 5.92 Å². The molecule has 0 aliphatic carbocycles. The fourth-order valence-corrected chi connectivity index (χ4v) is 2.31. The van der Waals surface area contributed by atoms with Crippen LogP contribution in [0.1, 0.15) is 6.92 Å². The third-order valence-electron chi connectivity index (χ3n) is 2.91. The summed E-state index contributed by atoms with van der Waals surface area (Å²) in [5.74, 6) is -1.11. The molecule has 1 aliphatic rings. The second-order valence-electron chi connectivity index (χ2n) is 4.27. The molecule has 0 spiro atoms. The van der Waals surface area contributed by atoms with E-state index in [0.717, 1.165) is 28.9 Å². The lowest BCUT2D eigenvalue weighted by atomic mass is 10.1. The van der Waals surface area contributed by atoms with Crippen molar-refractivity contribution in [3.63, 3.8) is 0 Å². The van der Waals surface area contributed by atoms with Gasteiger partial charge in [0.05, 0.1) is 17.3 Å². The number of rotatable bonds is 3. The Balaban J connectivity index is 2.22. The highest BCUT2D eigenvalue weighted by atomic mass is 79.9. The van der Waals surface area contributed by atoms with Gasteiger partial charge in [0.25, 0.3) is 0 Å². The topological polar surface area (TPSA) is 52.6 Å². The molecule has 0 aromatic heterocycles. The Morgan fingerprint density at radius 2 is 2.41 bits per heavy atom. The van der Waals surface area contributed by atoms with Crippen LogP contribution in [0.3, 0.4) is 0 Å². The molecule has 1 atom stereocenters. The lowest BCUT2D eigenvalue weighted by Gasteiger charge is -2.33. The fourth-order valence-electron chi connectivity index (χ4n) is 1.96. The molecule has 0 radical (unpaired) electrons. The van der Waals surface area contributed by atoms with Crippen LogP contribution in [0.25, 0.3) is 0 Å². The van der Waals surface area contributed by atoms with E-state index in [4.69, 9.17) is 5.11 Å². The Bertz CT molecular complexity index is 437. The Morgan fingerprint density at radius 3 is 3.12 bits per heavy atom. The number of carboxylic acid groups (broad SMARTS) is 1. The van der Waals surface area contributed by atoms with Gasteiger partial charge in [-0.25, -0.2) is 0 Å². The summed E-state index contributed by atoms with van der Waals surface area (Å²) in [4.78, 5) is 13.0. The Morgan fingerprint density at radius 1 is 1.65 bits per heavy atom. The van der Waals surface area contributed by atoms with Crippen molar-refractivity contribution >= 4 is 33.3 Å². The molecule has 2 rings (SSSR count). The zero-order chi connectivity index (χ0) is 12.4. The minimum absolute atomic E-state index is 0.361. The van der Waals surface area contributed by atoms with Gasteiger partial charge in [-0.2, -0.15) is 0 Å². The number of nitrogens with one attached hydrogen (secondary N) is 1. The zero-order valence-electron chi connectivity index (χ0n) is 9.61. The summed E-state index contributed by atoms with van der Waals surface area (Å²) >= 11 is 3.44. The number of benzene rings is 1. The number of nitrogens with zero attached hydrogens (tertiary/aromatic N) is 1. The molecule has 1 aliphatic heterocycles. The van der Waals surface area contributed by atoms with Crippen LogP contribution in [0.4, 0.5) is 11.4 Å². The number of halogens is 1. The molecule has 0 saturated heterocycles. The molecule has 2 N–H and O–H groups in total. The second kappa shape index (κ2) is 4.96. The van der Waals surface area contributed by atoms with E-state index in [9.17, 15) is 4.79 Å². The van der Waals surface area contributed by atoms with Crippen molar-refractivity contribution in [3.8, 4) is 0 Å². The Labute approximate surface area is 109 Å². The molecule has 4 nitrogen and oxygen atoms in total. The lowest BCUT2D eigenvalue weighted by molar-refractivity contribution is -0.140. The number of carbonyl (C=O) groups is 1. The van der Waals surface area contributed by atoms with Gasteiger partial charge in [0, 0.05) is 24.1 Å². The van der Waals surface area contributed by atoms with Crippen molar-refractivity contribution in [1.29, 1.82) is 0 Å². The first-order chi connectivity index (χ1) is 8.08. The molecule has 1 aromatic rings. The van der Waals surface area contributed by atoms with Crippen molar-refractivity contribution in [2.24, 2.45) is 5.92 Å². The van der Waals surface area contributed by atoms with E-state index in [0.29, 0.717) is 6.54 Å². The first-order valence-electron chi connectivity index (χ1n) is 5.59. The average Bonchev–Trinajstić information content (AvgIpc) is 2.29. The highest BCUT2D eigenvalue weighted by molar-refractivity contribution is 9.10. The maximum absolute atomic E-state index is 10.9. The van der Waals surface area contributed by atoms with Crippen molar-refractivity contribution < 1.29 is 9.90 Å². The fraction of sp³-hybridized carbons (Fsp3) is 0.417. The molecule has 17 heavy (non-hydrogen) atoms. The molecular weight excluding hydrogens is 284 g/mol. The summed E-state index contributed by atoms with van der Waals surface area (Å²) in [5, 5.41) is 12.3. The van der Waals surface area contributed by atoms with Gasteiger partial charge in [-0.3, -0.25) is 4.79 Å². The Kier molecular flexibility index (Phi) is 3.57. The summed E-state index contributed by atoms with van der Waals surface area (Å²) in [7, 11) is 0. The summed E-state index contributed by atoms with van der Waals surface area (Å²) in [6, 6.07) is 6.02. The highest BCUT2D eigenvalue weighted by Crippen LogP contribution is 2.32. The molecule has 92 valence electrons. The summed E-state index contributed by atoms with van der Waals surface area (Å²) < 4.78 is 1.01. The summed E-state index contributed by atoms with van der Waals surface area (Å²) in [6.45, 7) is 3.96. The first kappa shape index (κ1) is 12.2. The van der Waals surface area contributed by atoms with Crippen LogP contribution in [0.15, 0.2) is 22.7 Å². The number of hydrogen-bond donors (Lipinski definition) is 2. The molecule has 5 heteroatoms. The quantitative estimate of drug-likeness (QED) is 0.900. The normalized spacial score (nSPS) is 16.0. The van der Waals surface area contributed by atoms with Crippen molar-refractivity contribution in [2.75, 3.05) is 29.9 Å². The minimum atomic E-state index is -0.750. The van der Waals surface area contributed by atoms with Crippen LogP contribution >= 0.6 is 15.9 Å². The van der Waals surface area contributed by atoms with Gasteiger partial charge in [0.15, 0.2) is 0 Å². The van der Waals surface area contributed by atoms with E-state index in [1.165, 1.54) is 0 Å². The highest BCUT2D eigenvalue weighted by Gasteiger charge is 2.21. The molecule has 1 heterocycles. The molecule has 0 saturated carbocycles. The average molecular weight is 299 g/mol. The predicted molar refractivity (Wildman–Crippen MR) is 71.6 cm³/mol. The third kappa shape index (κ3) is 2.72. The minimum Gasteiger partial charge on any atom is -0.481 e. The number of anilines is 2. The standard InChI is InChI=1S/C12H15BrN2O2/c1-8(12(16)17)7-15-5-4-14-10-3-2-9(13)6-11(10)15/h2-3,6,8,14H,4-5,7H2,1H3,(H,16,17). The SMILES string of the molecule is CC(CN1CCNc2ccc(Br)cc21)C(=O)O. The summed E-state index contributed by atoms with van der Waals surface area (Å²) in [6.07, 6.45) is 0. The van der Waals surface area contributed by atoms with Crippen LogP contribution in [-0.2, 0) is 4.79 Å². The van der Waals surface area contributed by atoms with Gasteiger partial charge in [0.2, 0.25) is 0 Å². The van der Waals surface area contributed by atoms with Crippen LogP contribution < -0.4 is 10.2 Å². The van der Waals surface area contributed by atoms with Crippen LogP contribution in [0.2, 0.25) is 0 Å². The maximum Gasteiger partial charge on any atom is 0.308 e. The molecule has 0 bridgehead atoms. The zero-order valence-corrected chi connectivity index (χ0v) is 11.2. The van der Waals surface area contributed by atoms with Gasteiger partial charge in [-0.05, 0) is 18.2 Å². The molecule has 1 unspecified atom stereocenters. The van der Waals surface area contributed by atoms with E-state index in [-0.39, 0.29) is 5.92 Å². The number of hydrogen-bond acceptors (Lipinski definition) is 3. The van der Waals surface area contributed by atoms with E-state index >= 15 is 0 Å². The third-order valence-corrected chi connectivity index (χ3v) is 3.41. The molecule has 0 fully saturated rings. The summed E-state index contributed by atoms with van der Waals surface area (Å²) in [5.41, 5.74) is 2.13. The van der Waals surface area contributed by atoms with Gasteiger partial charge in [-0.1, -0.05) is 22.9 Å². The molecular formula is C12H15BrN2O2. The van der Waals surface area contributed by atoms with Gasteiger partial charge >= 0.3 is 5.97 Å². The molecule has 1 aromatic carbocycles. The van der Waals surface area contributed by atoms with Crippen LogP contribution in [-0.4, -0.2) is 30.7 Å². The molecule has 0 amide bonds. The lowest BCUT2D eigenvalue weighted by Crippen LogP contribution is -2.38. The van der Waals surface area contributed by atoms with Gasteiger partial charge < -0.3 is 15.3 Å².